The summed E-state index contributed by atoms with van der Waals surface area (Å²) in [5.41, 5.74) is 2.42. The number of nitrogens with one attached hydrogen (secondary N) is 3. The Labute approximate surface area is 249 Å². The summed E-state index contributed by atoms with van der Waals surface area (Å²) in [7, 11) is 3.10. The van der Waals surface area contributed by atoms with E-state index in [1.54, 1.807) is 74.9 Å². The Balaban J connectivity index is 1.41. The maximum atomic E-state index is 13.2. The number of hydrogen-bond donors (Lipinski definition) is 3. The third kappa shape index (κ3) is 8.49. The molecule has 0 aromatic heterocycles. The van der Waals surface area contributed by atoms with Gasteiger partial charge >= 0.3 is 0 Å². The number of amides is 3. The van der Waals surface area contributed by atoms with E-state index in [1.165, 1.54) is 11.8 Å². The molecule has 3 N–H and O–H groups in total. The van der Waals surface area contributed by atoms with Gasteiger partial charge in [0.1, 0.15) is 17.2 Å². The molecule has 42 heavy (non-hydrogen) atoms. The third-order valence-corrected chi connectivity index (χ3v) is 7.16. The number of anilines is 2. The minimum Gasteiger partial charge on any atom is -0.497 e. The van der Waals surface area contributed by atoms with Crippen LogP contribution in [0.15, 0.2) is 114 Å². The Bertz CT molecular complexity index is 1540. The predicted octanol–water partition coefficient (Wildman–Crippen LogP) is 6.23. The third-order valence-electron chi connectivity index (χ3n) is 6.05. The standard InChI is InChI=1S/C33H31N3O5S/c1-22(31(37)35-26-19-27(40-2)21-28(20-26)41-3)42-29-16-14-25(15-17-29)34-33(39)30(18-23-10-6-4-7-11-23)36-32(38)24-12-8-5-9-13-24/h4-22H,1-3H3,(H,34,39)(H,35,37)(H,36,38)/b30-18-. The van der Waals surface area contributed by atoms with Gasteiger partial charge in [0.25, 0.3) is 11.8 Å². The molecule has 8 nitrogen and oxygen atoms in total. The van der Waals surface area contributed by atoms with Crippen molar-refractivity contribution in [2.24, 2.45) is 0 Å². The number of rotatable bonds is 11. The average molecular weight is 582 g/mol. The van der Waals surface area contributed by atoms with Crippen molar-refractivity contribution in [2.45, 2.75) is 17.1 Å². The van der Waals surface area contributed by atoms with Crippen LogP contribution in [0.2, 0.25) is 0 Å². The van der Waals surface area contributed by atoms with Gasteiger partial charge in [-0.1, -0.05) is 48.5 Å². The summed E-state index contributed by atoms with van der Waals surface area (Å²) in [5.74, 6) is 0.106. The average Bonchev–Trinajstić information content (AvgIpc) is 3.02. The van der Waals surface area contributed by atoms with Crippen molar-refractivity contribution in [2.75, 3.05) is 24.9 Å². The van der Waals surface area contributed by atoms with E-state index in [2.05, 4.69) is 16.0 Å². The monoisotopic (exact) mass is 581 g/mol. The van der Waals surface area contributed by atoms with Crippen molar-refractivity contribution >= 4 is 46.9 Å². The molecule has 0 saturated carbocycles. The van der Waals surface area contributed by atoms with Gasteiger partial charge in [0.15, 0.2) is 0 Å². The molecule has 0 spiro atoms. The number of carbonyl (C=O) groups excluding carboxylic acids is 3. The summed E-state index contributed by atoms with van der Waals surface area (Å²) >= 11 is 1.38. The van der Waals surface area contributed by atoms with Crippen molar-refractivity contribution in [3.8, 4) is 11.5 Å². The van der Waals surface area contributed by atoms with Crippen LogP contribution in [-0.2, 0) is 9.59 Å². The SMILES string of the molecule is COc1cc(NC(=O)C(C)Sc2ccc(NC(=O)/C(=C/c3ccccc3)NC(=O)c3ccccc3)cc2)cc(OC)c1. The first-order valence-corrected chi connectivity index (χ1v) is 14.0. The predicted molar refractivity (Wildman–Crippen MR) is 167 cm³/mol. The molecule has 1 atom stereocenters. The molecule has 0 heterocycles. The maximum absolute atomic E-state index is 13.2. The summed E-state index contributed by atoms with van der Waals surface area (Å²) in [5, 5.41) is 8.06. The number of benzene rings is 4. The molecule has 0 aliphatic carbocycles. The van der Waals surface area contributed by atoms with Crippen LogP contribution in [0.3, 0.4) is 0 Å². The molecule has 1 unspecified atom stereocenters. The van der Waals surface area contributed by atoms with E-state index in [1.807, 2.05) is 55.5 Å². The highest BCUT2D eigenvalue weighted by Gasteiger charge is 2.17. The first kappa shape index (κ1) is 30.0. The van der Waals surface area contributed by atoms with Crippen LogP contribution in [0.25, 0.3) is 6.08 Å². The molecular weight excluding hydrogens is 550 g/mol. The number of methoxy groups -OCH3 is 2. The lowest BCUT2D eigenvalue weighted by atomic mass is 10.1. The molecule has 0 bridgehead atoms. The summed E-state index contributed by atoms with van der Waals surface area (Å²) in [4.78, 5) is 39.7. The molecule has 0 saturated heterocycles. The molecule has 0 aliphatic heterocycles. The molecule has 4 aromatic rings. The van der Waals surface area contributed by atoms with Crippen molar-refractivity contribution in [1.82, 2.24) is 5.32 Å². The van der Waals surface area contributed by atoms with Crippen molar-refractivity contribution in [3.05, 3.63) is 120 Å². The Hall–Kier alpha value is -5.02. The van der Waals surface area contributed by atoms with Gasteiger partial charge in [-0.15, -0.1) is 11.8 Å². The summed E-state index contributed by atoms with van der Waals surface area (Å²) < 4.78 is 10.5. The van der Waals surface area contributed by atoms with Crippen LogP contribution in [-0.4, -0.2) is 37.2 Å². The highest BCUT2D eigenvalue weighted by atomic mass is 32.2. The van der Waals surface area contributed by atoms with Crippen LogP contribution in [0.1, 0.15) is 22.8 Å². The summed E-state index contributed by atoms with van der Waals surface area (Å²) in [6, 6.07) is 30.3. The van der Waals surface area contributed by atoms with Gasteiger partial charge < -0.3 is 25.4 Å². The van der Waals surface area contributed by atoms with E-state index < -0.39 is 11.2 Å². The van der Waals surface area contributed by atoms with Crippen LogP contribution in [0.4, 0.5) is 11.4 Å². The first-order chi connectivity index (χ1) is 20.3. The zero-order valence-electron chi connectivity index (χ0n) is 23.4. The van der Waals surface area contributed by atoms with Gasteiger partial charge in [0, 0.05) is 40.0 Å². The second kappa shape index (κ2) is 14.6. The molecule has 4 aromatic carbocycles. The highest BCUT2D eigenvalue weighted by molar-refractivity contribution is 8.00. The van der Waals surface area contributed by atoms with Gasteiger partial charge in [-0.2, -0.15) is 0 Å². The summed E-state index contributed by atoms with van der Waals surface area (Å²) in [6.45, 7) is 1.81. The molecule has 3 amide bonds. The summed E-state index contributed by atoms with van der Waals surface area (Å²) in [6.07, 6.45) is 1.62. The second-order valence-corrected chi connectivity index (χ2v) is 10.5. The minimum absolute atomic E-state index is 0.105. The Morgan fingerprint density at radius 3 is 1.93 bits per heavy atom. The van der Waals surface area contributed by atoms with Gasteiger partial charge in [0.2, 0.25) is 5.91 Å². The van der Waals surface area contributed by atoms with Crippen molar-refractivity contribution in [3.63, 3.8) is 0 Å². The fraction of sp³-hybridized carbons (Fsp3) is 0.121. The second-order valence-electron chi connectivity index (χ2n) is 9.12. The van der Waals surface area contributed by atoms with E-state index in [0.29, 0.717) is 28.4 Å². The topological polar surface area (TPSA) is 106 Å². The van der Waals surface area contributed by atoms with E-state index in [-0.39, 0.29) is 17.5 Å². The Morgan fingerprint density at radius 1 is 0.738 bits per heavy atom. The van der Waals surface area contributed by atoms with Crippen LogP contribution in [0.5, 0.6) is 11.5 Å². The minimum atomic E-state index is -0.468. The number of thioether (sulfide) groups is 1. The van der Waals surface area contributed by atoms with Gasteiger partial charge in [-0.3, -0.25) is 14.4 Å². The molecule has 0 aliphatic rings. The first-order valence-electron chi connectivity index (χ1n) is 13.1. The lowest BCUT2D eigenvalue weighted by Crippen LogP contribution is -2.30. The van der Waals surface area contributed by atoms with Crippen LogP contribution in [0, 0.1) is 0 Å². The van der Waals surface area contributed by atoms with E-state index in [4.69, 9.17) is 9.47 Å². The normalized spacial score (nSPS) is 11.6. The zero-order chi connectivity index (χ0) is 29.9. The highest BCUT2D eigenvalue weighted by Crippen LogP contribution is 2.29. The molecule has 214 valence electrons. The quantitative estimate of drug-likeness (QED) is 0.143. The number of ether oxygens (including phenoxy) is 2. The fourth-order valence-electron chi connectivity index (χ4n) is 3.85. The Morgan fingerprint density at radius 2 is 1.33 bits per heavy atom. The largest absolute Gasteiger partial charge is 0.497 e. The fourth-order valence-corrected chi connectivity index (χ4v) is 4.72. The van der Waals surface area contributed by atoms with E-state index in [0.717, 1.165) is 10.5 Å². The molecular formula is C33H31N3O5S. The Kier molecular flexibility index (Phi) is 10.4. The molecule has 9 heteroatoms. The van der Waals surface area contributed by atoms with Crippen molar-refractivity contribution in [1.29, 1.82) is 0 Å². The van der Waals surface area contributed by atoms with Gasteiger partial charge in [-0.25, -0.2) is 0 Å². The van der Waals surface area contributed by atoms with Gasteiger partial charge in [-0.05, 0) is 55.0 Å². The molecule has 0 radical (unpaired) electrons. The van der Waals surface area contributed by atoms with E-state index >= 15 is 0 Å². The molecule has 0 fully saturated rings. The van der Waals surface area contributed by atoms with Crippen LogP contribution < -0.4 is 25.4 Å². The smallest absolute Gasteiger partial charge is 0.272 e. The van der Waals surface area contributed by atoms with Crippen molar-refractivity contribution < 1.29 is 23.9 Å². The zero-order valence-corrected chi connectivity index (χ0v) is 24.2. The number of carbonyl (C=O) groups is 3. The lowest BCUT2D eigenvalue weighted by Gasteiger charge is -2.14. The van der Waals surface area contributed by atoms with Crippen LogP contribution >= 0.6 is 11.8 Å². The lowest BCUT2D eigenvalue weighted by molar-refractivity contribution is -0.115. The molecule has 4 rings (SSSR count). The maximum Gasteiger partial charge on any atom is 0.272 e. The number of hydrogen-bond acceptors (Lipinski definition) is 6. The van der Waals surface area contributed by atoms with Gasteiger partial charge in [0.05, 0.1) is 19.5 Å². The van der Waals surface area contributed by atoms with E-state index in [9.17, 15) is 14.4 Å².